The molecule has 2 rings (SSSR count). The second-order valence-electron chi connectivity index (χ2n) is 5.74. The number of aliphatic hydroxyl groups is 1. The SMILES string of the molecule is Cc1ccc(NC(=O)NC[C@@](C)(O)C2CC2)cc1C. The van der Waals surface area contributed by atoms with Crippen molar-refractivity contribution in [1.29, 1.82) is 0 Å². The number of rotatable bonds is 4. The normalized spacial score (nSPS) is 17.7. The van der Waals surface area contributed by atoms with Gasteiger partial charge in [0, 0.05) is 12.2 Å². The van der Waals surface area contributed by atoms with Crippen LogP contribution < -0.4 is 10.6 Å². The smallest absolute Gasteiger partial charge is 0.319 e. The molecule has 0 aliphatic heterocycles. The van der Waals surface area contributed by atoms with Crippen molar-refractivity contribution in [2.45, 2.75) is 39.2 Å². The van der Waals surface area contributed by atoms with Crippen LogP contribution >= 0.6 is 0 Å². The third kappa shape index (κ3) is 3.70. The molecule has 0 bridgehead atoms. The Morgan fingerprint density at radius 1 is 1.37 bits per heavy atom. The van der Waals surface area contributed by atoms with Crippen LogP contribution in [0.15, 0.2) is 18.2 Å². The third-order valence-electron chi connectivity index (χ3n) is 3.83. The number of anilines is 1. The first kappa shape index (κ1) is 13.9. The number of nitrogens with one attached hydrogen (secondary N) is 2. The number of amides is 2. The van der Waals surface area contributed by atoms with E-state index in [1.807, 2.05) is 32.0 Å². The van der Waals surface area contributed by atoms with Gasteiger partial charge >= 0.3 is 6.03 Å². The molecule has 1 aliphatic rings. The number of benzene rings is 1. The van der Waals surface area contributed by atoms with E-state index in [-0.39, 0.29) is 12.6 Å². The van der Waals surface area contributed by atoms with Crippen LogP contribution in [-0.2, 0) is 0 Å². The second-order valence-corrected chi connectivity index (χ2v) is 5.74. The molecule has 1 fully saturated rings. The molecule has 3 N–H and O–H groups in total. The maximum atomic E-state index is 11.8. The summed E-state index contributed by atoms with van der Waals surface area (Å²) in [6, 6.07) is 5.52. The van der Waals surface area contributed by atoms with Crippen molar-refractivity contribution in [2.24, 2.45) is 5.92 Å². The highest BCUT2D eigenvalue weighted by Gasteiger charge is 2.39. The minimum atomic E-state index is -0.791. The van der Waals surface area contributed by atoms with Crippen molar-refractivity contribution in [3.8, 4) is 0 Å². The lowest BCUT2D eigenvalue weighted by atomic mass is 10.0. The van der Waals surface area contributed by atoms with Crippen molar-refractivity contribution in [3.63, 3.8) is 0 Å². The van der Waals surface area contributed by atoms with Gasteiger partial charge in [0.1, 0.15) is 0 Å². The van der Waals surface area contributed by atoms with Crippen LogP contribution in [0.2, 0.25) is 0 Å². The van der Waals surface area contributed by atoms with Gasteiger partial charge < -0.3 is 15.7 Å². The number of hydrogen-bond donors (Lipinski definition) is 3. The zero-order valence-electron chi connectivity index (χ0n) is 11.8. The quantitative estimate of drug-likeness (QED) is 0.781. The van der Waals surface area contributed by atoms with Crippen LogP contribution in [0.1, 0.15) is 30.9 Å². The first-order chi connectivity index (χ1) is 8.88. The van der Waals surface area contributed by atoms with Crippen molar-refractivity contribution >= 4 is 11.7 Å². The highest BCUT2D eigenvalue weighted by atomic mass is 16.3. The van der Waals surface area contributed by atoms with E-state index in [1.165, 1.54) is 5.56 Å². The van der Waals surface area contributed by atoms with Crippen LogP contribution in [0.5, 0.6) is 0 Å². The third-order valence-corrected chi connectivity index (χ3v) is 3.83. The van der Waals surface area contributed by atoms with E-state index < -0.39 is 5.60 Å². The van der Waals surface area contributed by atoms with Crippen LogP contribution in [0.25, 0.3) is 0 Å². The Kier molecular flexibility index (Phi) is 3.80. The van der Waals surface area contributed by atoms with Crippen molar-refractivity contribution in [2.75, 3.05) is 11.9 Å². The minimum absolute atomic E-state index is 0.274. The Bertz CT molecular complexity index is 479. The molecular weight excluding hydrogens is 240 g/mol. The number of hydrogen-bond acceptors (Lipinski definition) is 2. The van der Waals surface area contributed by atoms with Gasteiger partial charge in [-0.05, 0) is 62.8 Å². The zero-order chi connectivity index (χ0) is 14.0. The molecule has 0 unspecified atom stereocenters. The Morgan fingerprint density at radius 3 is 2.63 bits per heavy atom. The fraction of sp³-hybridized carbons (Fsp3) is 0.533. The molecule has 4 nitrogen and oxygen atoms in total. The van der Waals surface area contributed by atoms with Crippen LogP contribution in [0.4, 0.5) is 10.5 Å². The maximum absolute atomic E-state index is 11.8. The molecule has 19 heavy (non-hydrogen) atoms. The molecule has 1 atom stereocenters. The van der Waals surface area contributed by atoms with Crippen molar-refractivity contribution < 1.29 is 9.90 Å². The minimum Gasteiger partial charge on any atom is -0.388 e. The van der Waals surface area contributed by atoms with E-state index in [1.54, 1.807) is 6.92 Å². The average molecular weight is 262 g/mol. The van der Waals surface area contributed by atoms with E-state index in [0.717, 1.165) is 24.1 Å². The predicted octanol–water partition coefficient (Wildman–Crippen LogP) is 2.59. The fourth-order valence-corrected chi connectivity index (χ4v) is 2.10. The van der Waals surface area contributed by atoms with Crippen molar-refractivity contribution in [3.05, 3.63) is 29.3 Å². The van der Waals surface area contributed by atoms with E-state index in [4.69, 9.17) is 0 Å². The first-order valence-electron chi connectivity index (χ1n) is 6.73. The number of carbonyl (C=O) groups excluding carboxylic acids is 1. The summed E-state index contributed by atoms with van der Waals surface area (Å²) >= 11 is 0. The zero-order valence-corrected chi connectivity index (χ0v) is 11.8. The first-order valence-corrected chi connectivity index (χ1v) is 6.73. The molecule has 0 aromatic heterocycles. The Morgan fingerprint density at radius 2 is 2.05 bits per heavy atom. The highest BCUT2D eigenvalue weighted by Crippen LogP contribution is 2.38. The van der Waals surface area contributed by atoms with E-state index in [2.05, 4.69) is 10.6 Å². The van der Waals surface area contributed by atoms with E-state index in [0.29, 0.717) is 5.92 Å². The van der Waals surface area contributed by atoms with Gasteiger partial charge in [-0.15, -0.1) is 0 Å². The molecule has 1 saturated carbocycles. The summed E-state index contributed by atoms with van der Waals surface area (Å²) in [6.45, 7) is 6.11. The summed E-state index contributed by atoms with van der Waals surface area (Å²) < 4.78 is 0. The summed E-state index contributed by atoms with van der Waals surface area (Å²) in [6.07, 6.45) is 2.10. The molecule has 1 aliphatic carbocycles. The molecule has 1 aromatic carbocycles. The summed E-state index contributed by atoms with van der Waals surface area (Å²) in [5.74, 6) is 0.328. The van der Waals surface area contributed by atoms with Crippen LogP contribution in [-0.4, -0.2) is 23.3 Å². The largest absolute Gasteiger partial charge is 0.388 e. The van der Waals surface area contributed by atoms with Gasteiger partial charge in [-0.25, -0.2) is 4.79 Å². The summed E-state index contributed by atoms with van der Waals surface area (Å²) in [7, 11) is 0. The topological polar surface area (TPSA) is 61.4 Å². The molecule has 0 radical (unpaired) electrons. The van der Waals surface area contributed by atoms with Gasteiger partial charge in [0.25, 0.3) is 0 Å². The van der Waals surface area contributed by atoms with E-state index >= 15 is 0 Å². The van der Waals surface area contributed by atoms with Gasteiger partial charge in [0.05, 0.1) is 5.60 Å². The molecule has 0 saturated heterocycles. The molecule has 104 valence electrons. The standard InChI is InChI=1S/C15H22N2O2/c1-10-4-7-13(8-11(10)2)17-14(18)16-9-15(3,19)12-5-6-12/h4,7-8,12,19H,5-6,9H2,1-3H3,(H2,16,17,18)/t15-/m1/s1. The average Bonchev–Trinajstić information content (AvgIpc) is 3.16. The lowest BCUT2D eigenvalue weighted by molar-refractivity contribution is 0.0398. The van der Waals surface area contributed by atoms with Crippen LogP contribution in [0, 0.1) is 19.8 Å². The van der Waals surface area contributed by atoms with E-state index in [9.17, 15) is 9.90 Å². The van der Waals surface area contributed by atoms with Gasteiger partial charge in [0.15, 0.2) is 0 Å². The molecule has 2 amide bonds. The Labute approximate surface area is 114 Å². The van der Waals surface area contributed by atoms with Gasteiger partial charge in [-0.2, -0.15) is 0 Å². The lowest BCUT2D eigenvalue weighted by Gasteiger charge is -2.23. The van der Waals surface area contributed by atoms with Crippen molar-refractivity contribution in [1.82, 2.24) is 5.32 Å². The van der Waals surface area contributed by atoms with Gasteiger partial charge in [-0.3, -0.25) is 0 Å². The Hall–Kier alpha value is -1.55. The molecule has 0 heterocycles. The van der Waals surface area contributed by atoms with Gasteiger partial charge in [-0.1, -0.05) is 6.07 Å². The number of aryl methyl sites for hydroxylation is 2. The Balaban J connectivity index is 1.85. The fourth-order valence-electron chi connectivity index (χ4n) is 2.10. The molecule has 4 heteroatoms. The molecular formula is C15H22N2O2. The summed E-state index contributed by atoms with van der Waals surface area (Å²) in [5, 5.41) is 15.6. The summed E-state index contributed by atoms with van der Waals surface area (Å²) in [4.78, 5) is 11.8. The second kappa shape index (κ2) is 5.21. The monoisotopic (exact) mass is 262 g/mol. The number of urea groups is 1. The predicted molar refractivity (Wildman–Crippen MR) is 76.3 cm³/mol. The molecule has 0 spiro atoms. The maximum Gasteiger partial charge on any atom is 0.319 e. The van der Waals surface area contributed by atoms with Gasteiger partial charge in [0.2, 0.25) is 0 Å². The number of carbonyl (C=O) groups is 1. The highest BCUT2D eigenvalue weighted by molar-refractivity contribution is 5.89. The van der Waals surface area contributed by atoms with Crippen LogP contribution in [0.3, 0.4) is 0 Å². The molecule has 1 aromatic rings. The lowest BCUT2D eigenvalue weighted by Crippen LogP contribution is -2.43. The summed E-state index contributed by atoms with van der Waals surface area (Å²) in [5.41, 5.74) is 2.32.